The van der Waals surface area contributed by atoms with Gasteiger partial charge in [0.25, 0.3) is 0 Å². The maximum atomic E-state index is 11.5. The van der Waals surface area contributed by atoms with Gasteiger partial charge in [-0.2, -0.15) is 0 Å². The third kappa shape index (κ3) is 4.95. The van der Waals surface area contributed by atoms with E-state index < -0.39 is 5.97 Å². The number of aliphatic hydroxyl groups excluding tert-OH is 1. The lowest BCUT2D eigenvalue weighted by Gasteiger charge is -2.08. The number of nitrogens with one attached hydrogen (secondary N) is 1. The zero-order chi connectivity index (χ0) is 15.2. The van der Waals surface area contributed by atoms with Gasteiger partial charge in [0.1, 0.15) is 11.3 Å². The van der Waals surface area contributed by atoms with Crippen LogP contribution in [0.3, 0.4) is 0 Å². The molecule has 4 nitrogen and oxygen atoms in total. The van der Waals surface area contributed by atoms with Gasteiger partial charge in [-0.05, 0) is 38.8 Å². The van der Waals surface area contributed by atoms with Gasteiger partial charge >= 0.3 is 5.97 Å². The molecular formula is C15H21NO3. The summed E-state index contributed by atoms with van der Waals surface area (Å²) in [5.74, 6) is -0.969. The van der Waals surface area contributed by atoms with E-state index in [9.17, 15) is 9.90 Å². The van der Waals surface area contributed by atoms with E-state index in [1.165, 1.54) is 14.0 Å². The van der Waals surface area contributed by atoms with Gasteiger partial charge in [0.05, 0.1) is 7.11 Å². The predicted molar refractivity (Wildman–Crippen MR) is 77.4 cm³/mol. The fraction of sp³-hybridized carbons (Fsp3) is 0.333. The molecule has 0 aromatic rings. The Kier molecular flexibility index (Phi) is 6.55. The molecule has 0 aliphatic heterocycles. The maximum Gasteiger partial charge on any atom is 0.343 e. The molecule has 0 aromatic carbocycles. The summed E-state index contributed by atoms with van der Waals surface area (Å²) in [7, 11) is 1.21. The average molecular weight is 263 g/mol. The largest absolute Gasteiger partial charge is 0.507 e. The second kappa shape index (κ2) is 7.36. The summed E-state index contributed by atoms with van der Waals surface area (Å²) in [6.07, 6.45) is 3.47. The molecule has 0 aliphatic rings. The number of ether oxygens (including phenoxy) is 1. The van der Waals surface area contributed by atoms with E-state index in [2.05, 4.69) is 11.3 Å². The number of aliphatic hydroxyl groups is 1. The number of allylic oxidation sites excluding steroid dienone is 5. The molecule has 104 valence electrons. The summed E-state index contributed by atoms with van der Waals surface area (Å²) < 4.78 is 4.55. The molecule has 4 heteroatoms. The first-order chi connectivity index (χ1) is 8.72. The van der Waals surface area contributed by atoms with Crippen LogP contribution in [0.2, 0.25) is 0 Å². The number of esters is 1. The Hall–Kier alpha value is -2.10. The van der Waals surface area contributed by atoms with E-state index in [1.54, 1.807) is 19.1 Å². The highest BCUT2D eigenvalue weighted by atomic mass is 16.5. The van der Waals surface area contributed by atoms with Gasteiger partial charge in [0.2, 0.25) is 0 Å². The van der Waals surface area contributed by atoms with Crippen LogP contribution >= 0.6 is 0 Å². The second-order valence-corrected chi connectivity index (χ2v) is 4.32. The number of carbonyl (C=O) groups excluding carboxylic acids is 1. The van der Waals surface area contributed by atoms with Crippen molar-refractivity contribution in [3.05, 3.63) is 46.8 Å². The van der Waals surface area contributed by atoms with E-state index >= 15 is 0 Å². The minimum Gasteiger partial charge on any atom is -0.507 e. The van der Waals surface area contributed by atoms with Crippen LogP contribution in [-0.2, 0) is 9.53 Å². The molecule has 0 spiro atoms. The highest BCUT2D eigenvalue weighted by molar-refractivity contribution is 6.18. The third-order valence-corrected chi connectivity index (χ3v) is 2.63. The van der Waals surface area contributed by atoms with Crippen molar-refractivity contribution in [1.82, 2.24) is 0 Å². The van der Waals surface area contributed by atoms with Crippen molar-refractivity contribution in [2.24, 2.45) is 0 Å². The standard InChI is InChI=1S/C15H21NO3/c1-9(2)10(3)7-8-11(4)14(17)13(12(5)16)15(18)19-6/h7-8,16-17H,1H2,2-6H3/b10-7-,11-8+,14-13+,16-12?. The molecule has 0 aromatic heterocycles. The van der Waals surface area contributed by atoms with Gasteiger partial charge in [-0.3, -0.25) is 0 Å². The molecule has 2 N–H and O–H groups in total. The number of methoxy groups -OCH3 is 1. The minimum atomic E-state index is -0.724. The molecule has 0 bridgehead atoms. The zero-order valence-electron chi connectivity index (χ0n) is 12.1. The van der Waals surface area contributed by atoms with Gasteiger partial charge in [-0.25, -0.2) is 4.79 Å². The van der Waals surface area contributed by atoms with Crippen LogP contribution in [0.1, 0.15) is 27.7 Å². The van der Waals surface area contributed by atoms with Crippen LogP contribution in [0.5, 0.6) is 0 Å². The Morgan fingerprint density at radius 1 is 1.16 bits per heavy atom. The van der Waals surface area contributed by atoms with Crippen molar-refractivity contribution in [2.75, 3.05) is 7.11 Å². The van der Waals surface area contributed by atoms with Crippen LogP contribution < -0.4 is 0 Å². The van der Waals surface area contributed by atoms with E-state index in [0.717, 1.165) is 11.1 Å². The molecule has 0 fully saturated rings. The topological polar surface area (TPSA) is 70.4 Å². The molecule has 0 radical (unpaired) electrons. The molecule has 0 heterocycles. The number of hydrogen-bond donors (Lipinski definition) is 2. The van der Waals surface area contributed by atoms with Gasteiger partial charge in [0, 0.05) is 5.71 Å². The van der Waals surface area contributed by atoms with E-state index in [4.69, 9.17) is 5.41 Å². The van der Waals surface area contributed by atoms with Crippen molar-refractivity contribution in [2.45, 2.75) is 27.7 Å². The highest BCUT2D eigenvalue weighted by Crippen LogP contribution is 2.15. The molecule has 0 unspecified atom stereocenters. The molecule has 19 heavy (non-hydrogen) atoms. The van der Waals surface area contributed by atoms with Crippen molar-refractivity contribution in [3.63, 3.8) is 0 Å². The predicted octanol–water partition coefficient (Wildman–Crippen LogP) is 3.48. The van der Waals surface area contributed by atoms with Crippen LogP contribution in [-0.4, -0.2) is 23.9 Å². The summed E-state index contributed by atoms with van der Waals surface area (Å²) >= 11 is 0. The van der Waals surface area contributed by atoms with Crippen LogP contribution in [0.25, 0.3) is 0 Å². The van der Waals surface area contributed by atoms with Gasteiger partial charge in [-0.15, -0.1) is 0 Å². The third-order valence-electron chi connectivity index (χ3n) is 2.63. The van der Waals surface area contributed by atoms with Crippen LogP contribution in [0.4, 0.5) is 0 Å². The molecule has 0 aliphatic carbocycles. The molecule has 0 saturated carbocycles. The molecule has 0 atom stereocenters. The van der Waals surface area contributed by atoms with Gasteiger partial charge < -0.3 is 15.3 Å². The summed E-state index contributed by atoms with van der Waals surface area (Å²) in [6, 6.07) is 0. The van der Waals surface area contributed by atoms with Crippen molar-refractivity contribution in [1.29, 1.82) is 5.41 Å². The lowest BCUT2D eigenvalue weighted by atomic mass is 10.0. The maximum absolute atomic E-state index is 11.5. The summed E-state index contributed by atoms with van der Waals surface area (Å²) in [4.78, 5) is 11.5. The van der Waals surface area contributed by atoms with Crippen LogP contribution in [0.15, 0.2) is 46.8 Å². The first-order valence-corrected chi connectivity index (χ1v) is 5.80. The van der Waals surface area contributed by atoms with Crippen molar-refractivity contribution in [3.8, 4) is 0 Å². The quantitative estimate of drug-likeness (QED) is 0.262. The number of carbonyl (C=O) groups is 1. The fourth-order valence-electron chi connectivity index (χ4n) is 1.20. The highest BCUT2D eigenvalue weighted by Gasteiger charge is 2.18. The van der Waals surface area contributed by atoms with E-state index in [0.29, 0.717) is 5.57 Å². The Morgan fingerprint density at radius 2 is 1.63 bits per heavy atom. The average Bonchev–Trinajstić information content (AvgIpc) is 2.34. The van der Waals surface area contributed by atoms with E-state index in [1.807, 2.05) is 13.8 Å². The lowest BCUT2D eigenvalue weighted by Crippen LogP contribution is -2.14. The Labute approximate surface area is 114 Å². The van der Waals surface area contributed by atoms with E-state index in [-0.39, 0.29) is 17.0 Å². The Balaban J connectivity index is 5.58. The first-order valence-electron chi connectivity index (χ1n) is 5.80. The number of rotatable bonds is 5. The molecule has 0 saturated heterocycles. The summed E-state index contributed by atoms with van der Waals surface area (Å²) in [6.45, 7) is 10.7. The molecule has 0 amide bonds. The Bertz CT molecular complexity index is 494. The summed E-state index contributed by atoms with van der Waals surface area (Å²) in [5.41, 5.74) is 2.20. The molecule has 0 rings (SSSR count). The lowest BCUT2D eigenvalue weighted by molar-refractivity contribution is -0.135. The number of hydrogen-bond acceptors (Lipinski definition) is 4. The Morgan fingerprint density at radius 3 is 2.00 bits per heavy atom. The fourth-order valence-corrected chi connectivity index (χ4v) is 1.20. The normalized spacial score (nSPS) is 13.7. The van der Waals surface area contributed by atoms with Crippen molar-refractivity contribution >= 4 is 11.7 Å². The monoisotopic (exact) mass is 263 g/mol. The van der Waals surface area contributed by atoms with Crippen molar-refractivity contribution < 1.29 is 14.6 Å². The van der Waals surface area contributed by atoms with Gasteiger partial charge in [0.15, 0.2) is 0 Å². The molecular weight excluding hydrogens is 242 g/mol. The minimum absolute atomic E-state index is 0.0438. The SMILES string of the molecule is C=C(C)\C(C)=C/C=C(C)/C(O)=C(/C(C)=N)C(=O)OC. The summed E-state index contributed by atoms with van der Waals surface area (Å²) in [5, 5.41) is 17.5. The first kappa shape index (κ1) is 16.9. The van der Waals surface area contributed by atoms with Gasteiger partial charge in [-0.1, -0.05) is 24.3 Å². The zero-order valence-corrected chi connectivity index (χ0v) is 12.1. The smallest absolute Gasteiger partial charge is 0.343 e. The second-order valence-electron chi connectivity index (χ2n) is 4.32. The van der Waals surface area contributed by atoms with Crippen LogP contribution in [0, 0.1) is 5.41 Å².